The maximum Gasteiger partial charge on any atom is 0.236 e. The van der Waals surface area contributed by atoms with Crippen molar-refractivity contribution in [2.24, 2.45) is 5.73 Å². The summed E-state index contributed by atoms with van der Waals surface area (Å²) in [6, 6.07) is 0. The summed E-state index contributed by atoms with van der Waals surface area (Å²) in [5.41, 5.74) is 5.57. The Morgan fingerprint density at radius 1 is 1.35 bits per heavy atom. The lowest BCUT2D eigenvalue weighted by molar-refractivity contribution is -0.132. The zero-order valence-electron chi connectivity index (χ0n) is 9.93. The van der Waals surface area contributed by atoms with Gasteiger partial charge < -0.3 is 15.4 Å². The van der Waals surface area contributed by atoms with Crippen LogP contribution >= 0.6 is 12.2 Å². The van der Waals surface area contributed by atoms with Crippen LogP contribution in [0.4, 0.5) is 0 Å². The molecule has 2 N–H and O–H groups in total. The smallest absolute Gasteiger partial charge is 0.236 e. The lowest BCUT2D eigenvalue weighted by Gasteiger charge is -2.32. The molecule has 0 bridgehead atoms. The minimum absolute atomic E-state index is 0.204. The third kappa shape index (κ3) is 3.37. The van der Waals surface area contributed by atoms with Gasteiger partial charge in [-0.25, -0.2) is 0 Å². The van der Waals surface area contributed by atoms with Crippen molar-refractivity contribution >= 4 is 23.1 Å². The fourth-order valence-corrected chi connectivity index (χ4v) is 2.42. The molecule has 0 aromatic rings. The second-order valence-electron chi connectivity index (χ2n) is 4.58. The molecular formula is C11H19N3O2S. The van der Waals surface area contributed by atoms with E-state index in [4.69, 9.17) is 22.7 Å². The molecule has 0 aliphatic carbocycles. The number of morpholine rings is 1. The Labute approximate surface area is 107 Å². The molecule has 0 saturated carbocycles. The van der Waals surface area contributed by atoms with Gasteiger partial charge in [0.05, 0.1) is 13.2 Å². The third-order valence-corrected chi connectivity index (χ3v) is 3.55. The van der Waals surface area contributed by atoms with Crippen LogP contribution < -0.4 is 5.73 Å². The van der Waals surface area contributed by atoms with Crippen LogP contribution in [0.5, 0.6) is 0 Å². The average Bonchev–Trinajstić information content (AvgIpc) is 2.82. The van der Waals surface area contributed by atoms with Crippen LogP contribution in [0.1, 0.15) is 12.8 Å². The molecule has 5 nitrogen and oxygen atoms in total. The molecule has 2 aliphatic rings. The van der Waals surface area contributed by atoms with Gasteiger partial charge in [-0.2, -0.15) is 0 Å². The van der Waals surface area contributed by atoms with Crippen LogP contribution in [0.15, 0.2) is 0 Å². The van der Waals surface area contributed by atoms with E-state index in [2.05, 4.69) is 4.90 Å². The summed E-state index contributed by atoms with van der Waals surface area (Å²) in [6.07, 6.45) is 2.06. The monoisotopic (exact) mass is 257 g/mol. The largest absolute Gasteiger partial charge is 0.391 e. The van der Waals surface area contributed by atoms with E-state index in [9.17, 15) is 4.79 Å². The van der Waals surface area contributed by atoms with Gasteiger partial charge in [-0.15, -0.1) is 0 Å². The number of likely N-dealkylation sites (tertiary alicyclic amines) is 1. The number of thiocarbonyl (C=S) groups is 1. The predicted molar refractivity (Wildman–Crippen MR) is 68.8 cm³/mol. The van der Waals surface area contributed by atoms with Crippen LogP contribution in [0.2, 0.25) is 0 Å². The molecule has 1 amide bonds. The van der Waals surface area contributed by atoms with Gasteiger partial charge in [0.25, 0.3) is 0 Å². The molecule has 96 valence electrons. The second-order valence-corrected chi connectivity index (χ2v) is 5.06. The number of nitrogens with zero attached hydrogens (tertiary/aromatic N) is 2. The lowest BCUT2D eigenvalue weighted by atomic mass is 10.2. The summed E-state index contributed by atoms with van der Waals surface area (Å²) in [6.45, 7) is 4.27. The van der Waals surface area contributed by atoms with E-state index in [1.54, 1.807) is 0 Å². The molecule has 2 rings (SSSR count). The number of amides is 1. The Hall–Kier alpha value is -0.720. The molecule has 0 spiro atoms. The molecule has 17 heavy (non-hydrogen) atoms. The van der Waals surface area contributed by atoms with Gasteiger partial charge in [-0.05, 0) is 12.8 Å². The van der Waals surface area contributed by atoms with E-state index >= 15 is 0 Å². The third-order valence-electron chi connectivity index (χ3n) is 3.29. The first-order valence-electron chi connectivity index (χ1n) is 6.08. The van der Waals surface area contributed by atoms with Crippen molar-refractivity contribution in [3.05, 3.63) is 0 Å². The highest BCUT2D eigenvalue weighted by Crippen LogP contribution is 2.10. The molecule has 1 atom stereocenters. The van der Waals surface area contributed by atoms with E-state index in [0.29, 0.717) is 24.7 Å². The summed E-state index contributed by atoms with van der Waals surface area (Å²) in [4.78, 5) is 16.4. The van der Waals surface area contributed by atoms with Gasteiger partial charge in [0.1, 0.15) is 11.1 Å². The van der Waals surface area contributed by atoms with Crippen LogP contribution in [-0.2, 0) is 9.53 Å². The van der Waals surface area contributed by atoms with E-state index < -0.39 is 0 Å². The van der Waals surface area contributed by atoms with Crippen molar-refractivity contribution in [2.45, 2.75) is 18.9 Å². The second kappa shape index (κ2) is 5.75. The van der Waals surface area contributed by atoms with Crippen LogP contribution in [0.25, 0.3) is 0 Å². The molecule has 2 saturated heterocycles. The number of carbonyl (C=O) groups is 1. The highest BCUT2D eigenvalue weighted by atomic mass is 32.1. The van der Waals surface area contributed by atoms with Crippen LogP contribution in [0.3, 0.4) is 0 Å². The quantitative estimate of drug-likeness (QED) is 0.697. The zero-order valence-corrected chi connectivity index (χ0v) is 10.7. The minimum atomic E-state index is -0.204. The van der Waals surface area contributed by atoms with Crippen LogP contribution in [-0.4, -0.2) is 66.1 Å². The summed E-state index contributed by atoms with van der Waals surface area (Å²) in [5.74, 6) is 0.214. The van der Waals surface area contributed by atoms with Crippen molar-refractivity contribution in [1.29, 1.82) is 0 Å². The van der Waals surface area contributed by atoms with Crippen molar-refractivity contribution in [1.82, 2.24) is 9.80 Å². The number of nitrogens with two attached hydrogens (primary N) is 1. The summed E-state index contributed by atoms with van der Waals surface area (Å²) in [7, 11) is 0. The molecule has 2 aliphatic heterocycles. The minimum Gasteiger partial charge on any atom is -0.391 e. The Balaban J connectivity index is 1.81. The number of hydrogen-bond donors (Lipinski definition) is 1. The molecular weight excluding hydrogens is 238 g/mol. The van der Waals surface area contributed by atoms with Gasteiger partial charge >= 0.3 is 0 Å². The van der Waals surface area contributed by atoms with E-state index in [1.165, 1.54) is 0 Å². The van der Waals surface area contributed by atoms with E-state index in [1.807, 2.05) is 4.90 Å². The van der Waals surface area contributed by atoms with Crippen molar-refractivity contribution in [2.75, 3.05) is 39.3 Å². The van der Waals surface area contributed by atoms with Gasteiger partial charge in [-0.1, -0.05) is 12.2 Å². The van der Waals surface area contributed by atoms with Gasteiger partial charge in [0.2, 0.25) is 5.91 Å². The number of rotatable bonds is 3. The number of ether oxygens (including phenoxy) is 1. The van der Waals surface area contributed by atoms with E-state index in [0.717, 1.165) is 32.5 Å². The maximum absolute atomic E-state index is 12.0. The highest BCUT2D eigenvalue weighted by molar-refractivity contribution is 7.80. The molecule has 2 heterocycles. The maximum atomic E-state index is 12.0. The Morgan fingerprint density at radius 2 is 2.06 bits per heavy atom. The Kier molecular flexibility index (Phi) is 4.31. The summed E-state index contributed by atoms with van der Waals surface area (Å²) in [5, 5.41) is 0. The Bertz CT molecular complexity index is 305. The number of hydrogen-bond acceptors (Lipinski definition) is 4. The Morgan fingerprint density at radius 3 is 2.71 bits per heavy atom. The van der Waals surface area contributed by atoms with Crippen LogP contribution in [0, 0.1) is 0 Å². The fraction of sp³-hybridized carbons (Fsp3) is 0.818. The van der Waals surface area contributed by atoms with Crippen molar-refractivity contribution < 1.29 is 9.53 Å². The average molecular weight is 257 g/mol. The van der Waals surface area contributed by atoms with E-state index in [-0.39, 0.29) is 12.0 Å². The molecule has 0 aromatic heterocycles. The SMILES string of the molecule is NC(=S)C1CN(CC(=O)N2CCCC2)CCO1. The predicted octanol–water partition coefficient (Wildman–Crippen LogP) is -0.404. The fourth-order valence-electron chi connectivity index (χ4n) is 2.28. The van der Waals surface area contributed by atoms with Crippen molar-refractivity contribution in [3.63, 3.8) is 0 Å². The van der Waals surface area contributed by atoms with Gasteiger partial charge in [0.15, 0.2) is 0 Å². The zero-order chi connectivity index (χ0) is 12.3. The first-order valence-corrected chi connectivity index (χ1v) is 6.48. The first-order chi connectivity index (χ1) is 8.16. The molecule has 2 fully saturated rings. The number of carbonyl (C=O) groups excluding carboxylic acids is 1. The lowest BCUT2D eigenvalue weighted by Crippen LogP contribution is -2.50. The molecule has 0 aromatic carbocycles. The molecule has 1 unspecified atom stereocenters. The highest BCUT2D eigenvalue weighted by Gasteiger charge is 2.26. The molecule has 0 radical (unpaired) electrons. The summed E-state index contributed by atoms with van der Waals surface area (Å²) >= 11 is 4.92. The first kappa shape index (κ1) is 12.7. The normalized spacial score (nSPS) is 26.1. The molecule has 6 heteroatoms. The van der Waals surface area contributed by atoms with Gasteiger partial charge in [0, 0.05) is 26.2 Å². The topological polar surface area (TPSA) is 58.8 Å². The standard InChI is InChI=1S/C11H19N3O2S/c12-11(17)9-7-13(5-6-16-9)8-10(15)14-3-1-2-4-14/h9H,1-8H2,(H2,12,17). The van der Waals surface area contributed by atoms with Gasteiger partial charge in [-0.3, -0.25) is 9.69 Å². The summed E-state index contributed by atoms with van der Waals surface area (Å²) < 4.78 is 5.44. The van der Waals surface area contributed by atoms with Crippen molar-refractivity contribution in [3.8, 4) is 0 Å².